The van der Waals surface area contributed by atoms with Crippen molar-refractivity contribution in [2.45, 2.75) is 32.7 Å². The Morgan fingerprint density at radius 3 is 2.60 bits per heavy atom. The molecule has 154 valence electrons. The van der Waals surface area contributed by atoms with Crippen LogP contribution in [0.4, 0.5) is 5.82 Å². The van der Waals surface area contributed by atoms with Crippen molar-refractivity contribution in [3.8, 4) is 5.95 Å². The van der Waals surface area contributed by atoms with Crippen LogP contribution in [0.5, 0.6) is 0 Å². The molecule has 0 saturated carbocycles. The summed E-state index contributed by atoms with van der Waals surface area (Å²) in [5, 5.41) is 11.7. The van der Waals surface area contributed by atoms with Gasteiger partial charge in [-0.3, -0.25) is 18.8 Å². The molecule has 0 aliphatic heterocycles. The van der Waals surface area contributed by atoms with Crippen molar-refractivity contribution in [3.63, 3.8) is 0 Å². The molecule has 0 aliphatic carbocycles. The van der Waals surface area contributed by atoms with Gasteiger partial charge in [0.25, 0.3) is 11.5 Å². The number of aromatic nitrogens is 8. The van der Waals surface area contributed by atoms with Crippen molar-refractivity contribution in [3.05, 3.63) is 53.1 Å². The van der Waals surface area contributed by atoms with Gasteiger partial charge in [0.05, 0.1) is 11.9 Å². The summed E-state index contributed by atoms with van der Waals surface area (Å²) < 4.78 is 4.22. The van der Waals surface area contributed by atoms with E-state index in [0.717, 1.165) is 5.69 Å². The van der Waals surface area contributed by atoms with Crippen LogP contribution in [0.3, 0.4) is 0 Å². The lowest BCUT2D eigenvalue weighted by atomic mass is 9.92. The molecule has 1 N–H and O–H groups in total. The number of nitrogens with one attached hydrogen (secondary N) is 1. The largest absolute Gasteiger partial charge is 0.309 e. The van der Waals surface area contributed by atoms with E-state index >= 15 is 0 Å². The number of amides is 1. The second kappa shape index (κ2) is 7.17. The molecule has 0 unspecified atom stereocenters. The normalized spacial score (nSPS) is 11.7. The van der Waals surface area contributed by atoms with Crippen LogP contribution in [0.2, 0.25) is 0 Å². The lowest BCUT2D eigenvalue weighted by Crippen LogP contribution is -2.28. The van der Waals surface area contributed by atoms with Crippen LogP contribution in [0.15, 0.2) is 41.8 Å². The second-order valence-electron chi connectivity index (χ2n) is 7.86. The lowest BCUT2D eigenvalue weighted by Gasteiger charge is -2.13. The van der Waals surface area contributed by atoms with E-state index in [9.17, 15) is 9.59 Å². The number of rotatable bonds is 4. The lowest BCUT2D eigenvalue weighted by molar-refractivity contribution is -0.116. The SMILES string of the molecule is Cn1ncc2c(=O)n(CC(=O)Nc3cc(C(C)(C)C)nn3-c3ncccn3)cnc21. The van der Waals surface area contributed by atoms with E-state index in [-0.39, 0.29) is 17.5 Å². The van der Waals surface area contributed by atoms with Crippen molar-refractivity contribution in [2.24, 2.45) is 7.05 Å². The average Bonchev–Trinajstić information content (AvgIpc) is 3.29. The summed E-state index contributed by atoms with van der Waals surface area (Å²) in [7, 11) is 1.70. The van der Waals surface area contributed by atoms with Crippen molar-refractivity contribution in [1.29, 1.82) is 0 Å². The zero-order chi connectivity index (χ0) is 21.5. The molecule has 4 heterocycles. The first-order valence-electron chi connectivity index (χ1n) is 9.29. The topological polar surface area (TPSA) is 125 Å². The maximum Gasteiger partial charge on any atom is 0.264 e. The number of fused-ring (bicyclic) bond motifs is 1. The van der Waals surface area contributed by atoms with Gasteiger partial charge in [0.1, 0.15) is 24.1 Å². The number of hydrogen-bond donors (Lipinski definition) is 1. The molecule has 1 amide bonds. The summed E-state index contributed by atoms with van der Waals surface area (Å²) in [6, 6.07) is 3.48. The number of carbonyl (C=O) groups is 1. The highest BCUT2D eigenvalue weighted by atomic mass is 16.2. The number of hydrogen-bond acceptors (Lipinski definition) is 7. The molecule has 11 nitrogen and oxygen atoms in total. The van der Waals surface area contributed by atoms with Gasteiger partial charge in [-0.1, -0.05) is 20.8 Å². The minimum atomic E-state index is -0.403. The highest BCUT2D eigenvalue weighted by Crippen LogP contribution is 2.25. The Kier molecular flexibility index (Phi) is 4.65. The van der Waals surface area contributed by atoms with Crippen LogP contribution >= 0.6 is 0 Å². The molecule has 0 aromatic carbocycles. The molecule has 4 aromatic heterocycles. The quantitative estimate of drug-likeness (QED) is 0.536. The van der Waals surface area contributed by atoms with Gasteiger partial charge in [0, 0.05) is 30.9 Å². The minimum Gasteiger partial charge on any atom is -0.309 e. The predicted molar refractivity (Wildman–Crippen MR) is 109 cm³/mol. The monoisotopic (exact) mass is 407 g/mol. The predicted octanol–water partition coefficient (Wildman–Crippen LogP) is 1.04. The number of anilines is 1. The fourth-order valence-electron chi connectivity index (χ4n) is 2.91. The van der Waals surface area contributed by atoms with Crippen molar-refractivity contribution in [2.75, 3.05) is 5.32 Å². The summed E-state index contributed by atoms with van der Waals surface area (Å²) in [5.41, 5.74) is 0.649. The molecule has 11 heteroatoms. The number of aryl methyl sites for hydroxylation is 1. The van der Waals surface area contributed by atoms with Crippen LogP contribution < -0.4 is 10.9 Å². The Balaban J connectivity index is 1.64. The number of nitrogens with zero attached hydrogens (tertiary/aromatic N) is 8. The molecule has 0 aliphatic rings. The summed E-state index contributed by atoms with van der Waals surface area (Å²) in [5.74, 6) is 0.346. The summed E-state index contributed by atoms with van der Waals surface area (Å²) >= 11 is 0. The van der Waals surface area contributed by atoms with Crippen LogP contribution in [-0.4, -0.2) is 45.0 Å². The van der Waals surface area contributed by atoms with Crippen molar-refractivity contribution < 1.29 is 4.79 Å². The van der Waals surface area contributed by atoms with Crippen LogP contribution in [0.1, 0.15) is 26.5 Å². The fraction of sp³-hybridized carbons (Fsp3) is 0.316. The Labute approximate surface area is 171 Å². The van der Waals surface area contributed by atoms with Gasteiger partial charge in [-0.05, 0) is 6.07 Å². The molecule has 0 atom stereocenters. The molecule has 0 fully saturated rings. The van der Waals surface area contributed by atoms with Crippen LogP contribution in [0.25, 0.3) is 17.0 Å². The Hall–Kier alpha value is -3.89. The molecule has 0 spiro atoms. The summed E-state index contributed by atoms with van der Waals surface area (Å²) in [6.07, 6.45) is 5.97. The standard InChI is InChI=1S/C19H21N9O2/c1-19(2,3)13-8-14(28(25-13)18-20-6-5-7-21-18)24-15(29)10-27-11-22-16-12(17(27)30)9-23-26(16)4/h5-9,11H,10H2,1-4H3,(H,24,29). The maximum absolute atomic E-state index is 12.7. The zero-order valence-corrected chi connectivity index (χ0v) is 17.1. The summed E-state index contributed by atoms with van der Waals surface area (Å²) in [4.78, 5) is 38.0. The first-order chi connectivity index (χ1) is 14.2. The smallest absolute Gasteiger partial charge is 0.264 e. The van der Waals surface area contributed by atoms with Gasteiger partial charge in [0.15, 0.2) is 5.65 Å². The van der Waals surface area contributed by atoms with Crippen LogP contribution in [0, 0.1) is 0 Å². The molecular weight excluding hydrogens is 386 g/mol. The van der Waals surface area contributed by atoms with Gasteiger partial charge >= 0.3 is 0 Å². The molecule has 0 bridgehead atoms. The van der Waals surface area contributed by atoms with Gasteiger partial charge in [-0.2, -0.15) is 14.9 Å². The van der Waals surface area contributed by atoms with Gasteiger partial charge in [0.2, 0.25) is 5.91 Å². The Morgan fingerprint density at radius 1 is 1.17 bits per heavy atom. The number of carbonyl (C=O) groups excluding carboxylic acids is 1. The first kappa shape index (κ1) is 19.4. The Morgan fingerprint density at radius 2 is 1.90 bits per heavy atom. The van der Waals surface area contributed by atoms with E-state index in [2.05, 4.69) is 30.5 Å². The second-order valence-corrected chi connectivity index (χ2v) is 7.86. The fourth-order valence-corrected chi connectivity index (χ4v) is 2.91. The third-order valence-corrected chi connectivity index (χ3v) is 4.52. The molecule has 30 heavy (non-hydrogen) atoms. The third-order valence-electron chi connectivity index (χ3n) is 4.52. The van der Waals surface area contributed by atoms with E-state index in [1.807, 2.05) is 20.8 Å². The van der Waals surface area contributed by atoms with Crippen molar-refractivity contribution >= 4 is 22.8 Å². The molecule has 4 rings (SSSR count). The van der Waals surface area contributed by atoms with Crippen LogP contribution in [-0.2, 0) is 23.8 Å². The zero-order valence-electron chi connectivity index (χ0n) is 17.1. The molecule has 0 radical (unpaired) electrons. The highest BCUT2D eigenvalue weighted by Gasteiger charge is 2.22. The van der Waals surface area contributed by atoms with Gasteiger partial charge < -0.3 is 5.32 Å². The summed E-state index contributed by atoms with van der Waals surface area (Å²) in [6.45, 7) is 5.85. The minimum absolute atomic E-state index is 0.206. The third kappa shape index (κ3) is 3.56. The van der Waals surface area contributed by atoms with E-state index in [1.165, 1.54) is 26.5 Å². The first-order valence-corrected chi connectivity index (χ1v) is 9.29. The molecule has 0 saturated heterocycles. The Bertz CT molecular complexity index is 1280. The van der Waals surface area contributed by atoms with E-state index < -0.39 is 5.91 Å². The van der Waals surface area contributed by atoms with E-state index in [4.69, 9.17) is 0 Å². The van der Waals surface area contributed by atoms with Gasteiger partial charge in [-0.25, -0.2) is 15.0 Å². The van der Waals surface area contributed by atoms with Crippen molar-refractivity contribution in [1.82, 2.24) is 39.1 Å². The van der Waals surface area contributed by atoms with Gasteiger partial charge in [-0.15, -0.1) is 0 Å². The highest BCUT2D eigenvalue weighted by molar-refractivity contribution is 5.90. The molecular formula is C19H21N9O2. The molecule has 4 aromatic rings. The maximum atomic E-state index is 12.7. The van der Waals surface area contributed by atoms with E-state index in [1.54, 1.807) is 31.6 Å². The average molecular weight is 407 g/mol. The van der Waals surface area contributed by atoms with E-state index in [0.29, 0.717) is 22.8 Å².